The Morgan fingerprint density at radius 2 is 1.86 bits per heavy atom. The van der Waals surface area contributed by atoms with Crippen LogP contribution in [0.2, 0.25) is 0 Å². The van der Waals surface area contributed by atoms with Crippen LogP contribution in [-0.4, -0.2) is 36.3 Å². The number of benzene rings is 2. The SMILES string of the molecule is CC(=O)N1N=C(c2ccccc2NS(C)(=O)=O)CC1c1cccc2cccnc12. The summed E-state index contributed by atoms with van der Waals surface area (Å²) >= 11 is 0. The summed E-state index contributed by atoms with van der Waals surface area (Å²) in [7, 11) is -3.45. The number of carbonyl (C=O) groups is 1. The molecule has 148 valence electrons. The number of hydrazone groups is 1. The molecule has 1 aliphatic rings. The van der Waals surface area contributed by atoms with Crippen LogP contribution in [0.3, 0.4) is 0 Å². The molecule has 2 heterocycles. The molecule has 0 saturated carbocycles. The van der Waals surface area contributed by atoms with E-state index in [0.29, 0.717) is 23.4 Å². The Morgan fingerprint density at radius 1 is 1.10 bits per heavy atom. The van der Waals surface area contributed by atoms with Crippen LogP contribution in [0.5, 0.6) is 0 Å². The van der Waals surface area contributed by atoms with Gasteiger partial charge in [0.05, 0.1) is 29.2 Å². The van der Waals surface area contributed by atoms with Gasteiger partial charge in [-0.2, -0.15) is 5.10 Å². The number of fused-ring (bicyclic) bond motifs is 1. The number of hydrogen-bond acceptors (Lipinski definition) is 5. The van der Waals surface area contributed by atoms with Crippen LogP contribution in [0.1, 0.15) is 30.5 Å². The number of pyridine rings is 1. The molecule has 0 fully saturated rings. The van der Waals surface area contributed by atoms with E-state index in [1.54, 1.807) is 24.4 Å². The summed E-state index contributed by atoms with van der Waals surface area (Å²) in [6.07, 6.45) is 3.29. The number of sulfonamides is 1. The normalized spacial score (nSPS) is 16.7. The quantitative estimate of drug-likeness (QED) is 0.717. The van der Waals surface area contributed by atoms with Crippen LogP contribution in [0.15, 0.2) is 65.9 Å². The Balaban J connectivity index is 1.78. The predicted molar refractivity (Wildman–Crippen MR) is 113 cm³/mol. The average molecular weight is 408 g/mol. The van der Waals surface area contributed by atoms with Crippen molar-refractivity contribution in [3.05, 3.63) is 71.9 Å². The van der Waals surface area contributed by atoms with E-state index < -0.39 is 10.0 Å². The Hall–Kier alpha value is -3.26. The fourth-order valence-corrected chi connectivity index (χ4v) is 4.20. The largest absolute Gasteiger partial charge is 0.283 e. The van der Waals surface area contributed by atoms with Crippen LogP contribution >= 0.6 is 0 Å². The van der Waals surface area contributed by atoms with Crippen molar-refractivity contribution in [1.29, 1.82) is 0 Å². The fraction of sp³-hybridized carbons (Fsp3) is 0.190. The van der Waals surface area contributed by atoms with Crippen molar-refractivity contribution < 1.29 is 13.2 Å². The zero-order valence-electron chi connectivity index (χ0n) is 16.0. The molecule has 4 rings (SSSR count). The summed E-state index contributed by atoms with van der Waals surface area (Å²) in [5, 5.41) is 6.99. The monoisotopic (exact) mass is 408 g/mol. The third kappa shape index (κ3) is 3.84. The van der Waals surface area contributed by atoms with Gasteiger partial charge in [-0.15, -0.1) is 0 Å². The summed E-state index contributed by atoms with van der Waals surface area (Å²) in [4.78, 5) is 16.8. The summed E-state index contributed by atoms with van der Waals surface area (Å²) in [5.41, 5.74) is 3.47. The number of carbonyl (C=O) groups excluding carboxylic acids is 1. The number of amides is 1. The smallest absolute Gasteiger partial charge is 0.240 e. The second kappa shape index (κ2) is 7.29. The maximum absolute atomic E-state index is 12.3. The van der Waals surface area contributed by atoms with Crippen molar-refractivity contribution >= 4 is 38.2 Å². The van der Waals surface area contributed by atoms with E-state index in [-0.39, 0.29) is 11.9 Å². The maximum atomic E-state index is 12.3. The summed E-state index contributed by atoms with van der Waals surface area (Å²) in [5.74, 6) is -0.188. The van der Waals surface area contributed by atoms with Crippen LogP contribution in [0.25, 0.3) is 10.9 Å². The van der Waals surface area contributed by atoms with E-state index in [4.69, 9.17) is 0 Å². The van der Waals surface area contributed by atoms with E-state index in [2.05, 4.69) is 14.8 Å². The van der Waals surface area contributed by atoms with E-state index >= 15 is 0 Å². The van der Waals surface area contributed by atoms with Crippen molar-refractivity contribution in [1.82, 2.24) is 9.99 Å². The van der Waals surface area contributed by atoms with Gasteiger partial charge in [-0.05, 0) is 12.1 Å². The van der Waals surface area contributed by atoms with Gasteiger partial charge in [0.25, 0.3) is 0 Å². The number of aromatic nitrogens is 1. The van der Waals surface area contributed by atoms with Crippen molar-refractivity contribution in [2.75, 3.05) is 11.0 Å². The molecule has 1 aliphatic heterocycles. The molecule has 1 atom stereocenters. The lowest BCUT2D eigenvalue weighted by molar-refractivity contribution is -0.130. The molecule has 0 bridgehead atoms. The third-order valence-corrected chi connectivity index (χ3v) is 5.38. The van der Waals surface area contributed by atoms with Crippen LogP contribution in [0, 0.1) is 0 Å². The van der Waals surface area contributed by atoms with Crippen molar-refractivity contribution in [3.63, 3.8) is 0 Å². The van der Waals surface area contributed by atoms with Gasteiger partial charge in [0.1, 0.15) is 0 Å². The van der Waals surface area contributed by atoms with Gasteiger partial charge in [0.15, 0.2) is 0 Å². The van der Waals surface area contributed by atoms with Gasteiger partial charge < -0.3 is 0 Å². The molecule has 1 N–H and O–H groups in total. The molecule has 0 spiro atoms. The zero-order chi connectivity index (χ0) is 20.6. The highest BCUT2D eigenvalue weighted by atomic mass is 32.2. The molecule has 8 heteroatoms. The molecule has 1 amide bonds. The van der Waals surface area contributed by atoms with Crippen molar-refractivity contribution in [2.45, 2.75) is 19.4 Å². The summed E-state index contributed by atoms with van der Waals surface area (Å²) in [6, 6.07) is 16.5. The number of para-hydroxylation sites is 2. The number of nitrogens with one attached hydrogen (secondary N) is 1. The average Bonchev–Trinajstić information content (AvgIpc) is 3.12. The predicted octanol–water partition coefficient (Wildman–Crippen LogP) is 3.30. The second-order valence-electron chi connectivity index (χ2n) is 6.97. The molecule has 3 aromatic rings. The number of rotatable bonds is 4. The number of hydrogen-bond donors (Lipinski definition) is 1. The van der Waals surface area contributed by atoms with Gasteiger partial charge in [0, 0.05) is 36.1 Å². The van der Waals surface area contributed by atoms with Gasteiger partial charge in [-0.3, -0.25) is 14.5 Å². The van der Waals surface area contributed by atoms with Gasteiger partial charge >= 0.3 is 0 Å². The number of anilines is 1. The van der Waals surface area contributed by atoms with E-state index in [0.717, 1.165) is 22.7 Å². The van der Waals surface area contributed by atoms with E-state index in [1.165, 1.54) is 11.9 Å². The molecule has 0 radical (unpaired) electrons. The highest BCUT2D eigenvalue weighted by Crippen LogP contribution is 2.37. The second-order valence-corrected chi connectivity index (χ2v) is 8.72. The minimum atomic E-state index is -3.45. The molecular formula is C21H20N4O3S. The molecule has 1 aromatic heterocycles. The lowest BCUT2D eigenvalue weighted by Gasteiger charge is -2.21. The Bertz CT molecular complexity index is 1230. The van der Waals surface area contributed by atoms with Gasteiger partial charge in [-0.1, -0.05) is 42.5 Å². The lowest BCUT2D eigenvalue weighted by atomic mass is 9.96. The highest BCUT2D eigenvalue weighted by Gasteiger charge is 2.33. The first-order valence-corrected chi connectivity index (χ1v) is 11.0. The minimum absolute atomic E-state index is 0.188. The van der Waals surface area contributed by atoms with Crippen LogP contribution < -0.4 is 4.72 Å². The molecule has 0 aliphatic carbocycles. The number of nitrogens with zero attached hydrogens (tertiary/aromatic N) is 3. The fourth-order valence-electron chi connectivity index (χ4n) is 3.63. The summed E-state index contributed by atoms with van der Waals surface area (Å²) < 4.78 is 26.0. The first-order chi connectivity index (χ1) is 13.8. The Kier molecular flexibility index (Phi) is 4.79. The zero-order valence-corrected chi connectivity index (χ0v) is 16.8. The Labute approximate surface area is 169 Å². The first kappa shape index (κ1) is 19.1. The third-order valence-electron chi connectivity index (χ3n) is 4.79. The van der Waals surface area contributed by atoms with Crippen LogP contribution in [-0.2, 0) is 14.8 Å². The van der Waals surface area contributed by atoms with Gasteiger partial charge in [-0.25, -0.2) is 13.4 Å². The maximum Gasteiger partial charge on any atom is 0.240 e. The first-order valence-electron chi connectivity index (χ1n) is 9.11. The lowest BCUT2D eigenvalue weighted by Crippen LogP contribution is -2.24. The summed E-state index contributed by atoms with van der Waals surface area (Å²) in [6.45, 7) is 1.47. The standard InChI is InChI=1S/C21H20N4O3S/c1-14(26)25-20(17-10-5-7-15-8-6-12-22-21(15)17)13-19(23-25)16-9-3-4-11-18(16)24-29(2,27)28/h3-12,20,24H,13H2,1-2H3. The minimum Gasteiger partial charge on any atom is -0.283 e. The van der Waals surface area contributed by atoms with E-state index in [1.807, 2.05) is 36.4 Å². The molecule has 7 nitrogen and oxygen atoms in total. The highest BCUT2D eigenvalue weighted by molar-refractivity contribution is 7.92. The topological polar surface area (TPSA) is 91.7 Å². The molecular weight excluding hydrogens is 388 g/mol. The van der Waals surface area contributed by atoms with Crippen molar-refractivity contribution in [2.24, 2.45) is 5.10 Å². The van der Waals surface area contributed by atoms with E-state index in [9.17, 15) is 13.2 Å². The van der Waals surface area contributed by atoms with Gasteiger partial charge in [0.2, 0.25) is 15.9 Å². The molecule has 2 aromatic carbocycles. The molecule has 0 saturated heterocycles. The Morgan fingerprint density at radius 3 is 2.62 bits per heavy atom. The van der Waals surface area contributed by atoms with Crippen LogP contribution in [0.4, 0.5) is 5.69 Å². The molecule has 1 unspecified atom stereocenters. The molecule has 29 heavy (non-hydrogen) atoms. The van der Waals surface area contributed by atoms with Crippen molar-refractivity contribution in [3.8, 4) is 0 Å².